The van der Waals surface area contributed by atoms with E-state index in [2.05, 4.69) is 10.1 Å². The zero-order chi connectivity index (χ0) is 17.2. The van der Waals surface area contributed by atoms with E-state index in [0.29, 0.717) is 13.2 Å². The highest BCUT2D eigenvalue weighted by atomic mass is 32.5. The fraction of sp³-hybridized carbons (Fsp3) is 0.353. The third-order valence-electron chi connectivity index (χ3n) is 3.91. The molecule has 2 heterocycles. The van der Waals surface area contributed by atoms with Gasteiger partial charge in [0.2, 0.25) is 0 Å². The summed E-state index contributed by atoms with van der Waals surface area (Å²) in [6.07, 6.45) is 3.17. The minimum absolute atomic E-state index is 0.282. The minimum Gasteiger partial charge on any atom is -0.317 e. The number of pyridine rings is 1. The molecule has 0 radical (unpaired) electrons. The van der Waals surface area contributed by atoms with Gasteiger partial charge in [0.05, 0.1) is 12.7 Å². The van der Waals surface area contributed by atoms with Gasteiger partial charge in [-0.3, -0.25) is 4.98 Å². The number of aromatic nitrogens is 1. The first kappa shape index (κ1) is 17.6. The Bertz CT molecular complexity index is 757. The molecule has 1 saturated heterocycles. The Balaban J connectivity index is 1.78. The number of halogens is 1. The van der Waals surface area contributed by atoms with Crippen LogP contribution in [-0.4, -0.2) is 11.6 Å². The van der Waals surface area contributed by atoms with Crippen LogP contribution in [0.15, 0.2) is 48.8 Å². The Kier molecular flexibility index (Phi) is 5.13. The van der Waals surface area contributed by atoms with Crippen molar-refractivity contribution in [3.8, 4) is 0 Å². The van der Waals surface area contributed by atoms with E-state index in [1.807, 2.05) is 32.0 Å². The lowest BCUT2D eigenvalue weighted by atomic mass is 9.83. The van der Waals surface area contributed by atoms with Gasteiger partial charge in [-0.25, -0.2) is 9.48 Å². The normalized spacial score (nSPS) is 26.2. The van der Waals surface area contributed by atoms with E-state index in [0.717, 1.165) is 11.1 Å². The average Bonchev–Trinajstić information content (AvgIpc) is 2.57. The topological polar surface area (TPSA) is 43.4 Å². The van der Waals surface area contributed by atoms with E-state index in [1.165, 1.54) is 12.1 Å². The lowest BCUT2D eigenvalue weighted by Crippen LogP contribution is -2.35. The van der Waals surface area contributed by atoms with E-state index >= 15 is 0 Å². The van der Waals surface area contributed by atoms with Crippen molar-refractivity contribution in [3.05, 3.63) is 65.7 Å². The maximum Gasteiger partial charge on any atom is 0.262 e. The summed E-state index contributed by atoms with van der Waals surface area (Å²) < 4.78 is 25.6. The number of nitrogens with one attached hydrogen (secondary N) is 1. The lowest BCUT2D eigenvalue weighted by molar-refractivity contribution is -0.0153. The van der Waals surface area contributed by atoms with Gasteiger partial charge in [-0.15, -0.1) is 0 Å². The third-order valence-corrected chi connectivity index (χ3v) is 6.38. The van der Waals surface area contributed by atoms with E-state index in [4.69, 9.17) is 20.9 Å². The van der Waals surface area contributed by atoms with Crippen LogP contribution in [0.25, 0.3) is 0 Å². The lowest BCUT2D eigenvalue weighted by Gasteiger charge is -2.43. The van der Waals surface area contributed by atoms with Crippen molar-refractivity contribution in [2.45, 2.75) is 26.5 Å². The molecular weight excluding hydrogens is 346 g/mol. The van der Waals surface area contributed by atoms with E-state index in [-0.39, 0.29) is 17.3 Å². The molecule has 1 N–H and O–H groups in total. The van der Waals surface area contributed by atoms with Gasteiger partial charge in [-0.2, -0.15) is 0 Å². The largest absolute Gasteiger partial charge is 0.317 e. The molecule has 4 nitrogen and oxygen atoms in total. The van der Waals surface area contributed by atoms with Crippen molar-refractivity contribution in [2.75, 3.05) is 6.61 Å². The minimum atomic E-state index is -2.66. The molecule has 0 unspecified atom stereocenters. The van der Waals surface area contributed by atoms with Crippen LogP contribution in [0.5, 0.6) is 0 Å². The second kappa shape index (κ2) is 6.98. The molecule has 2 aromatic rings. The van der Waals surface area contributed by atoms with Gasteiger partial charge in [0.1, 0.15) is 5.82 Å². The zero-order valence-electron chi connectivity index (χ0n) is 13.6. The van der Waals surface area contributed by atoms with Crippen molar-refractivity contribution >= 4 is 18.4 Å². The molecule has 2 atom stereocenters. The standard InChI is InChI=1S/C17H20FN2O2PS/c1-17(2)12-21-23(24,20-11-13-5-4-8-19-10-13)22-16(17)14-6-3-7-15(18)9-14/h3-10,16H,11-12H2,1-2H3,(H,20,24)/t16-,23-/m0/s1. The van der Waals surface area contributed by atoms with Gasteiger partial charge in [0.15, 0.2) is 0 Å². The van der Waals surface area contributed by atoms with Crippen molar-refractivity contribution in [1.29, 1.82) is 0 Å². The molecule has 128 valence electrons. The molecule has 1 aromatic heterocycles. The van der Waals surface area contributed by atoms with Crippen LogP contribution >= 0.6 is 6.64 Å². The molecule has 1 aliphatic heterocycles. The number of nitrogens with zero attached hydrogens (tertiary/aromatic N) is 1. The first-order valence-electron chi connectivity index (χ1n) is 7.70. The second-order valence-electron chi connectivity index (χ2n) is 6.50. The van der Waals surface area contributed by atoms with Crippen LogP contribution < -0.4 is 5.09 Å². The molecule has 0 amide bonds. The molecule has 0 spiro atoms. The summed E-state index contributed by atoms with van der Waals surface area (Å²) in [6, 6.07) is 10.3. The first-order chi connectivity index (χ1) is 11.4. The monoisotopic (exact) mass is 366 g/mol. The predicted octanol–water partition coefficient (Wildman–Crippen LogP) is 4.35. The molecule has 0 aliphatic carbocycles. The Hall–Kier alpha value is -1.17. The number of hydrogen-bond acceptors (Lipinski definition) is 4. The molecule has 0 saturated carbocycles. The highest BCUT2D eigenvalue weighted by molar-refractivity contribution is 8.09. The van der Waals surface area contributed by atoms with Crippen LogP contribution in [0.3, 0.4) is 0 Å². The van der Waals surface area contributed by atoms with Gasteiger partial charge in [-0.05, 0) is 41.1 Å². The van der Waals surface area contributed by atoms with Crippen molar-refractivity contribution in [3.63, 3.8) is 0 Å². The number of rotatable bonds is 4. The van der Waals surface area contributed by atoms with Gasteiger partial charge in [-0.1, -0.05) is 32.0 Å². The molecule has 1 aromatic carbocycles. The van der Waals surface area contributed by atoms with E-state index < -0.39 is 6.64 Å². The van der Waals surface area contributed by atoms with Gasteiger partial charge in [0.25, 0.3) is 6.64 Å². The van der Waals surface area contributed by atoms with Crippen molar-refractivity contribution in [2.24, 2.45) is 5.41 Å². The summed E-state index contributed by atoms with van der Waals surface area (Å²) in [5, 5.41) is 3.21. The quantitative estimate of drug-likeness (QED) is 0.815. The second-order valence-corrected chi connectivity index (χ2v) is 9.72. The van der Waals surface area contributed by atoms with Gasteiger partial charge < -0.3 is 9.05 Å². The first-order valence-corrected chi connectivity index (χ1v) is 10.3. The molecule has 24 heavy (non-hydrogen) atoms. The molecule has 7 heteroatoms. The maximum absolute atomic E-state index is 13.6. The fourth-order valence-corrected chi connectivity index (χ4v) is 4.99. The number of hydrogen-bond donors (Lipinski definition) is 1. The van der Waals surface area contributed by atoms with Crippen LogP contribution in [-0.2, 0) is 27.4 Å². The average molecular weight is 366 g/mol. The predicted molar refractivity (Wildman–Crippen MR) is 95.3 cm³/mol. The Labute approximate surface area is 146 Å². The Morgan fingerprint density at radius 3 is 2.92 bits per heavy atom. The Morgan fingerprint density at radius 2 is 2.21 bits per heavy atom. The van der Waals surface area contributed by atoms with Crippen LogP contribution in [0.1, 0.15) is 31.1 Å². The van der Waals surface area contributed by atoms with Crippen LogP contribution in [0.2, 0.25) is 0 Å². The third kappa shape index (κ3) is 4.08. The summed E-state index contributed by atoms with van der Waals surface area (Å²) in [7, 11) is 0. The summed E-state index contributed by atoms with van der Waals surface area (Å²) in [5.41, 5.74) is 1.48. The molecule has 0 bridgehead atoms. The number of benzene rings is 1. The zero-order valence-corrected chi connectivity index (χ0v) is 15.3. The van der Waals surface area contributed by atoms with Crippen LogP contribution in [0, 0.1) is 11.2 Å². The molecular formula is C17H20FN2O2PS. The van der Waals surface area contributed by atoms with Gasteiger partial charge >= 0.3 is 0 Å². The molecule has 1 aliphatic rings. The smallest absolute Gasteiger partial charge is 0.262 e. The SMILES string of the molecule is CC1(C)CO[P@@](=S)(NCc2cccnc2)O[C@H]1c1cccc(F)c1. The van der Waals surface area contributed by atoms with Crippen LogP contribution in [0.4, 0.5) is 4.39 Å². The summed E-state index contributed by atoms with van der Waals surface area (Å²) in [4.78, 5) is 4.08. The van der Waals surface area contributed by atoms with E-state index in [1.54, 1.807) is 18.5 Å². The highest BCUT2D eigenvalue weighted by Gasteiger charge is 2.42. The fourth-order valence-electron chi connectivity index (χ4n) is 2.59. The molecule has 3 rings (SSSR count). The summed E-state index contributed by atoms with van der Waals surface area (Å²) in [6.45, 7) is 2.36. The Morgan fingerprint density at radius 1 is 1.38 bits per heavy atom. The van der Waals surface area contributed by atoms with E-state index in [9.17, 15) is 4.39 Å². The summed E-state index contributed by atoms with van der Waals surface area (Å²) in [5.74, 6) is -0.282. The van der Waals surface area contributed by atoms with Crippen molar-refractivity contribution in [1.82, 2.24) is 10.1 Å². The van der Waals surface area contributed by atoms with Crippen molar-refractivity contribution < 1.29 is 13.4 Å². The maximum atomic E-state index is 13.6. The van der Waals surface area contributed by atoms with Gasteiger partial charge in [0, 0.05) is 24.4 Å². The highest BCUT2D eigenvalue weighted by Crippen LogP contribution is 2.58. The molecule has 1 fully saturated rings. The summed E-state index contributed by atoms with van der Waals surface area (Å²) >= 11 is 5.61.